The summed E-state index contributed by atoms with van der Waals surface area (Å²) in [4.78, 5) is 25.3. The predicted octanol–water partition coefficient (Wildman–Crippen LogP) is 6.01. The van der Waals surface area contributed by atoms with Crippen LogP contribution in [0.1, 0.15) is 37.7 Å². The molecule has 0 N–H and O–H groups in total. The largest absolute Gasteiger partial charge is 0.492 e. The van der Waals surface area contributed by atoms with Crippen LogP contribution in [0.15, 0.2) is 70.8 Å². The van der Waals surface area contributed by atoms with Gasteiger partial charge in [-0.3, -0.25) is 9.59 Å². The summed E-state index contributed by atoms with van der Waals surface area (Å²) in [6.07, 6.45) is 7.52. The maximum absolute atomic E-state index is 15.2. The Balaban J connectivity index is 1.39. The van der Waals surface area contributed by atoms with Crippen molar-refractivity contribution in [3.05, 3.63) is 94.6 Å². The highest BCUT2D eigenvalue weighted by Crippen LogP contribution is 2.51. The molecule has 1 amide bonds. The molecule has 0 bridgehead atoms. The van der Waals surface area contributed by atoms with Crippen LogP contribution >= 0.6 is 23.4 Å². The van der Waals surface area contributed by atoms with Crippen LogP contribution in [-0.4, -0.2) is 49.8 Å². The molecule has 0 atom stereocenters. The lowest BCUT2D eigenvalue weighted by Gasteiger charge is -2.41. The number of allylic oxidation sites excluding steroid dienone is 3. The maximum Gasteiger partial charge on any atom is 0.301 e. The Labute approximate surface area is 247 Å². The molecule has 1 heterocycles. The van der Waals surface area contributed by atoms with E-state index < -0.39 is 37.2 Å². The minimum absolute atomic E-state index is 0.00329. The zero-order valence-electron chi connectivity index (χ0n) is 22.2. The van der Waals surface area contributed by atoms with E-state index in [1.54, 1.807) is 0 Å². The van der Waals surface area contributed by atoms with Crippen LogP contribution in [0.3, 0.4) is 0 Å². The summed E-state index contributed by atoms with van der Waals surface area (Å²) in [5.41, 5.74) is 0.768. The second-order valence-electron chi connectivity index (χ2n) is 10.3. The molecule has 217 valence electrons. The summed E-state index contributed by atoms with van der Waals surface area (Å²) in [6, 6.07) is 8.70. The van der Waals surface area contributed by atoms with Gasteiger partial charge in [-0.05, 0) is 98.6 Å². The molecule has 41 heavy (non-hydrogen) atoms. The van der Waals surface area contributed by atoms with Gasteiger partial charge in [-0.25, -0.2) is 17.2 Å². The highest BCUT2D eigenvalue weighted by atomic mass is 35.5. The number of nitrogens with zero attached hydrogens (tertiary/aromatic N) is 1. The van der Waals surface area contributed by atoms with Gasteiger partial charge in [0.15, 0.2) is 9.84 Å². The zero-order valence-corrected chi connectivity index (χ0v) is 24.5. The average molecular weight is 621 g/mol. The lowest BCUT2D eigenvalue weighted by Crippen LogP contribution is -2.43. The Morgan fingerprint density at radius 2 is 1.80 bits per heavy atom. The third kappa shape index (κ3) is 5.96. The number of carbonyl (C=O) groups excluding carboxylic acids is 2. The highest BCUT2D eigenvalue weighted by Gasteiger charge is 2.50. The topological polar surface area (TPSA) is 80.8 Å². The lowest BCUT2D eigenvalue weighted by atomic mass is 9.73. The molecule has 11 heteroatoms. The Bertz CT molecular complexity index is 1500. The second-order valence-corrected chi connectivity index (χ2v) is 14.1. The summed E-state index contributed by atoms with van der Waals surface area (Å²) in [5, 5.41) is -0.0924. The number of thioether (sulfide) groups is 1. The van der Waals surface area contributed by atoms with Crippen molar-refractivity contribution in [2.45, 2.75) is 41.7 Å². The quantitative estimate of drug-likeness (QED) is 0.336. The first-order chi connectivity index (χ1) is 19.6. The van der Waals surface area contributed by atoms with Gasteiger partial charge in [0.2, 0.25) is 0 Å². The number of hydrogen-bond donors (Lipinski definition) is 0. The van der Waals surface area contributed by atoms with Crippen molar-refractivity contribution in [2.24, 2.45) is 5.92 Å². The fourth-order valence-electron chi connectivity index (χ4n) is 5.85. The van der Waals surface area contributed by atoms with Gasteiger partial charge in [0.1, 0.15) is 28.7 Å². The van der Waals surface area contributed by atoms with Gasteiger partial charge in [-0.1, -0.05) is 29.4 Å². The molecule has 1 aliphatic heterocycles. The number of hydrogen-bond acceptors (Lipinski definition) is 6. The molecule has 2 aromatic rings. The average Bonchev–Trinajstić information content (AvgIpc) is 2.97. The van der Waals surface area contributed by atoms with E-state index in [4.69, 9.17) is 16.3 Å². The van der Waals surface area contributed by atoms with Gasteiger partial charge in [-0.15, -0.1) is 0 Å². The van der Waals surface area contributed by atoms with E-state index in [1.165, 1.54) is 29.2 Å². The predicted molar refractivity (Wildman–Crippen MR) is 154 cm³/mol. The number of ether oxygens (including phenoxy) is 1. The van der Waals surface area contributed by atoms with Crippen molar-refractivity contribution >= 4 is 44.2 Å². The molecule has 6 nitrogen and oxygen atoms in total. The van der Waals surface area contributed by atoms with E-state index in [0.29, 0.717) is 42.3 Å². The van der Waals surface area contributed by atoms with E-state index in [-0.39, 0.29) is 42.4 Å². The summed E-state index contributed by atoms with van der Waals surface area (Å²) in [5.74, 6) is -0.848. The van der Waals surface area contributed by atoms with Crippen LogP contribution in [-0.2, 0) is 28.9 Å². The Hall–Kier alpha value is -2.69. The van der Waals surface area contributed by atoms with Gasteiger partial charge >= 0.3 is 5.91 Å². The SMILES string of the molecule is O=C1SCCN(CCOC2=C(C3CCC(c4cc(F)ccc4F)(S(=O)(=O)c4ccc(Cl)cc4)CC3)[CH]CC=C2)C1=O. The third-order valence-corrected chi connectivity index (χ3v) is 11.6. The molecule has 1 saturated carbocycles. The van der Waals surface area contributed by atoms with Crippen molar-refractivity contribution < 1.29 is 31.5 Å². The normalized spacial score (nSPS) is 23.7. The van der Waals surface area contributed by atoms with Crippen molar-refractivity contribution in [3.63, 3.8) is 0 Å². The molecule has 2 fully saturated rings. The molecule has 0 aromatic heterocycles. The lowest BCUT2D eigenvalue weighted by molar-refractivity contribution is -0.141. The van der Waals surface area contributed by atoms with E-state index >= 15 is 4.39 Å². The number of amides is 1. The van der Waals surface area contributed by atoms with Gasteiger partial charge in [0.05, 0.1) is 11.4 Å². The fourth-order valence-corrected chi connectivity index (χ4v) is 8.89. The second kappa shape index (κ2) is 12.3. The van der Waals surface area contributed by atoms with Crippen LogP contribution < -0.4 is 0 Å². The summed E-state index contributed by atoms with van der Waals surface area (Å²) < 4.78 is 62.3. The van der Waals surface area contributed by atoms with Crippen molar-refractivity contribution in [2.75, 3.05) is 25.4 Å². The highest BCUT2D eigenvalue weighted by molar-refractivity contribution is 8.15. The van der Waals surface area contributed by atoms with Crippen molar-refractivity contribution in [1.29, 1.82) is 0 Å². The standard InChI is InChI=1S/C30H29ClF2NO5S2/c31-21-5-8-23(9-6-21)41(37,38)30(25-19-22(32)7-10-26(25)33)13-11-20(12-14-30)24-3-1-2-4-27(24)39-17-15-34-16-18-40-29(36)28(34)35/h2-10,19-20H,1,11-18H2. The molecule has 0 unspecified atom stereocenters. The molecule has 2 aliphatic carbocycles. The zero-order chi connectivity index (χ0) is 29.2. The smallest absolute Gasteiger partial charge is 0.301 e. The van der Waals surface area contributed by atoms with Gasteiger partial charge in [0, 0.05) is 22.9 Å². The van der Waals surface area contributed by atoms with Crippen LogP contribution in [0, 0.1) is 24.0 Å². The van der Waals surface area contributed by atoms with Crippen LogP contribution in [0.5, 0.6) is 0 Å². The van der Waals surface area contributed by atoms with Gasteiger partial charge in [0.25, 0.3) is 5.12 Å². The van der Waals surface area contributed by atoms with E-state index in [2.05, 4.69) is 0 Å². The number of halogens is 3. The molecule has 1 radical (unpaired) electrons. The first kappa shape index (κ1) is 29.8. The van der Waals surface area contributed by atoms with Gasteiger partial charge in [-0.2, -0.15) is 0 Å². The number of sulfone groups is 1. The summed E-state index contributed by atoms with van der Waals surface area (Å²) >= 11 is 7.01. The number of carbonyl (C=O) groups is 2. The number of rotatable bonds is 8. The first-order valence-corrected chi connectivity index (χ1v) is 16.3. The van der Waals surface area contributed by atoms with Crippen LogP contribution in [0.4, 0.5) is 8.78 Å². The van der Waals surface area contributed by atoms with Crippen molar-refractivity contribution in [3.8, 4) is 0 Å². The Morgan fingerprint density at radius 3 is 2.54 bits per heavy atom. The summed E-state index contributed by atoms with van der Waals surface area (Å²) in [6.45, 7) is 0.967. The fraction of sp³-hybridized carbons (Fsp3) is 0.367. The minimum Gasteiger partial charge on any atom is -0.492 e. The number of benzene rings is 2. The van der Waals surface area contributed by atoms with Crippen molar-refractivity contribution in [1.82, 2.24) is 4.90 Å². The molecule has 5 rings (SSSR count). The Kier molecular flexibility index (Phi) is 8.92. The molecular formula is C30H29ClF2NO5S2. The van der Waals surface area contributed by atoms with Crippen LogP contribution in [0.25, 0.3) is 0 Å². The Morgan fingerprint density at radius 1 is 1.07 bits per heavy atom. The molecular weight excluding hydrogens is 592 g/mol. The molecule has 1 saturated heterocycles. The minimum atomic E-state index is -4.14. The van der Waals surface area contributed by atoms with E-state index in [0.717, 1.165) is 35.5 Å². The van der Waals surface area contributed by atoms with Crippen LogP contribution in [0.2, 0.25) is 5.02 Å². The third-order valence-electron chi connectivity index (χ3n) is 7.99. The maximum atomic E-state index is 15.2. The van der Waals surface area contributed by atoms with Gasteiger partial charge < -0.3 is 9.64 Å². The molecule has 3 aliphatic rings. The first-order valence-electron chi connectivity index (χ1n) is 13.4. The summed E-state index contributed by atoms with van der Waals surface area (Å²) in [7, 11) is -4.14. The molecule has 0 spiro atoms. The van der Waals surface area contributed by atoms with E-state index in [9.17, 15) is 22.4 Å². The molecule has 2 aromatic carbocycles. The van der Waals surface area contributed by atoms with E-state index in [1.807, 2.05) is 18.6 Å². The monoisotopic (exact) mass is 620 g/mol.